The van der Waals surface area contributed by atoms with E-state index in [0.717, 1.165) is 30.4 Å². The third-order valence-electron chi connectivity index (χ3n) is 5.40. The van der Waals surface area contributed by atoms with Crippen molar-refractivity contribution in [2.24, 2.45) is 5.92 Å². The van der Waals surface area contributed by atoms with Crippen LogP contribution in [0.4, 0.5) is 0 Å². The van der Waals surface area contributed by atoms with E-state index in [9.17, 15) is 0 Å². The van der Waals surface area contributed by atoms with Gasteiger partial charge in [0.1, 0.15) is 0 Å². The van der Waals surface area contributed by atoms with Gasteiger partial charge in [0.15, 0.2) is 0 Å². The van der Waals surface area contributed by atoms with Gasteiger partial charge < -0.3 is 4.74 Å². The first-order valence-electron chi connectivity index (χ1n) is 8.95. The second kappa shape index (κ2) is 8.15. The molecule has 1 aliphatic carbocycles. The molecule has 2 aromatic heterocycles. The van der Waals surface area contributed by atoms with E-state index >= 15 is 0 Å². The van der Waals surface area contributed by atoms with Crippen molar-refractivity contribution in [3.8, 4) is 0 Å². The normalized spacial score (nSPS) is 28.7. The predicted molar refractivity (Wildman–Crippen MR) is 105 cm³/mol. The Hall–Kier alpha value is -1.02. The monoisotopic (exact) mass is 427 g/mol. The van der Waals surface area contributed by atoms with Gasteiger partial charge in [-0.15, -0.1) is 0 Å². The van der Waals surface area contributed by atoms with Gasteiger partial charge in [-0.05, 0) is 43.7 Å². The average molecular weight is 429 g/mol. The van der Waals surface area contributed by atoms with E-state index in [-0.39, 0.29) is 23.5 Å². The predicted octanol–water partition coefficient (Wildman–Crippen LogP) is 4.30. The lowest BCUT2D eigenvalue weighted by Crippen LogP contribution is -2.37. The summed E-state index contributed by atoms with van der Waals surface area (Å²) >= 11 is 18.4. The largest absolute Gasteiger partial charge is 0.370 e. The molecule has 9 heteroatoms. The maximum Gasteiger partial charge on any atom is 0.222 e. The number of halogens is 3. The molecule has 0 bridgehead atoms. The Balaban J connectivity index is 1.46. The standard InChI is InChI=1S/C18H20Cl3N5O/c1-9(16-13(19)7-22-8-14(16)20)27-11-2-3-15-12(4-11)17(26-25-15)10-5-23-18(21)24-6-10/h5-9,11-12,15,17,25-26H,2-4H2,1H3/t9-,11?,12?,15?,17?/m1/s1. The third kappa shape index (κ3) is 4.06. The molecule has 0 aromatic carbocycles. The topological polar surface area (TPSA) is 72.0 Å². The Labute approximate surface area is 173 Å². The number of rotatable bonds is 4. The van der Waals surface area contributed by atoms with Crippen molar-refractivity contribution in [3.63, 3.8) is 0 Å². The molecular weight excluding hydrogens is 409 g/mol. The van der Waals surface area contributed by atoms with Gasteiger partial charge in [-0.3, -0.25) is 10.4 Å². The second-order valence-corrected chi connectivity index (χ2v) is 8.20. The second-order valence-electron chi connectivity index (χ2n) is 7.05. The Bertz CT molecular complexity index is 786. The molecule has 1 saturated carbocycles. The van der Waals surface area contributed by atoms with E-state index < -0.39 is 0 Å². The zero-order valence-electron chi connectivity index (χ0n) is 14.7. The molecule has 2 aliphatic rings. The molecule has 2 fully saturated rings. The average Bonchev–Trinajstić information content (AvgIpc) is 3.05. The molecule has 0 radical (unpaired) electrons. The highest BCUT2D eigenvalue weighted by molar-refractivity contribution is 6.35. The van der Waals surface area contributed by atoms with Gasteiger partial charge in [0, 0.05) is 42.0 Å². The van der Waals surface area contributed by atoms with Crippen LogP contribution in [0.1, 0.15) is 49.5 Å². The van der Waals surface area contributed by atoms with Crippen molar-refractivity contribution in [3.05, 3.63) is 51.2 Å². The summed E-state index contributed by atoms with van der Waals surface area (Å²) in [6.45, 7) is 1.98. The van der Waals surface area contributed by atoms with Crippen molar-refractivity contribution in [2.75, 3.05) is 0 Å². The minimum Gasteiger partial charge on any atom is -0.370 e. The van der Waals surface area contributed by atoms with Crippen LogP contribution >= 0.6 is 34.8 Å². The van der Waals surface area contributed by atoms with E-state index in [4.69, 9.17) is 39.5 Å². The molecular formula is C18H20Cl3N5O. The van der Waals surface area contributed by atoms with E-state index in [1.165, 1.54) is 0 Å². The molecule has 1 saturated heterocycles. The van der Waals surface area contributed by atoms with Gasteiger partial charge >= 0.3 is 0 Å². The third-order valence-corrected chi connectivity index (χ3v) is 6.19. The Morgan fingerprint density at radius 1 is 1.04 bits per heavy atom. The van der Waals surface area contributed by atoms with E-state index in [1.807, 2.05) is 6.92 Å². The van der Waals surface area contributed by atoms with Crippen LogP contribution in [0.2, 0.25) is 15.3 Å². The first kappa shape index (κ1) is 19.3. The molecule has 4 rings (SSSR count). The maximum absolute atomic E-state index is 6.35. The lowest BCUT2D eigenvalue weighted by Gasteiger charge is -2.34. The van der Waals surface area contributed by atoms with Gasteiger partial charge in [-0.25, -0.2) is 15.4 Å². The highest BCUT2D eigenvalue weighted by Gasteiger charge is 2.42. The minimum atomic E-state index is -0.200. The van der Waals surface area contributed by atoms with Crippen LogP contribution in [-0.4, -0.2) is 27.1 Å². The molecule has 6 nitrogen and oxygen atoms in total. The van der Waals surface area contributed by atoms with Crippen LogP contribution in [0.5, 0.6) is 0 Å². The Kier molecular flexibility index (Phi) is 5.83. The van der Waals surface area contributed by atoms with Gasteiger partial charge in [0.05, 0.1) is 28.3 Å². The van der Waals surface area contributed by atoms with Crippen LogP contribution in [0.15, 0.2) is 24.8 Å². The van der Waals surface area contributed by atoms with Crippen LogP contribution in [0, 0.1) is 5.92 Å². The number of nitrogens with one attached hydrogen (secondary N) is 2. The molecule has 3 heterocycles. The van der Waals surface area contributed by atoms with Gasteiger partial charge in [0.25, 0.3) is 0 Å². The molecule has 2 N–H and O–H groups in total. The fraction of sp³-hybridized carbons (Fsp3) is 0.500. The zero-order chi connectivity index (χ0) is 19.0. The SMILES string of the molecule is C[C@@H](OC1CCC2NNC(c3cnc(Cl)nc3)C2C1)c1c(Cl)cncc1Cl. The smallest absolute Gasteiger partial charge is 0.222 e. The van der Waals surface area contributed by atoms with Crippen molar-refractivity contribution < 1.29 is 4.74 Å². The Morgan fingerprint density at radius 2 is 1.74 bits per heavy atom. The summed E-state index contributed by atoms with van der Waals surface area (Å²) in [7, 11) is 0. The number of pyridine rings is 1. The fourth-order valence-corrected chi connectivity index (χ4v) is 4.89. The summed E-state index contributed by atoms with van der Waals surface area (Å²) in [6, 6.07) is 0.524. The highest BCUT2D eigenvalue weighted by Crippen LogP contribution is 2.41. The van der Waals surface area contributed by atoms with Crippen molar-refractivity contribution in [2.45, 2.75) is 50.5 Å². The Morgan fingerprint density at radius 3 is 2.44 bits per heavy atom. The lowest BCUT2D eigenvalue weighted by atomic mass is 9.78. The first-order valence-corrected chi connectivity index (χ1v) is 10.1. The summed E-state index contributed by atoms with van der Waals surface area (Å²) in [5.41, 5.74) is 8.59. The number of hydrazine groups is 1. The molecule has 5 atom stereocenters. The number of nitrogens with zero attached hydrogens (tertiary/aromatic N) is 3. The number of hydrogen-bond acceptors (Lipinski definition) is 6. The highest BCUT2D eigenvalue weighted by atomic mass is 35.5. The molecule has 27 heavy (non-hydrogen) atoms. The molecule has 0 amide bonds. The molecule has 4 unspecified atom stereocenters. The van der Waals surface area contributed by atoms with Crippen LogP contribution in [0.3, 0.4) is 0 Å². The molecule has 144 valence electrons. The first-order chi connectivity index (χ1) is 13.0. The number of ether oxygens (including phenoxy) is 1. The quantitative estimate of drug-likeness (QED) is 0.708. The van der Waals surface area contributed by atoms with Crippen molar-refractivity contribution >= 4 is 34.8 Å². The van der Waals surface area contributed by atoms with E-state index in [2.05, 4.69) is 25.8 Å². The van der Waals surface area contributed by atoms with E-state index in [0.29, 0.717) is 22.0 Å². The number of hydrogen-bond donors (Lipinski definition) is 2. The number of aromatic nitrogens is 3. The minimum absolute atomic E-state index is 0.124. The summed E-state index contributed by atoms with van der Waals surface area (Å²) in [6.07, 6.45) is 9.60. The van der Waals surface area contributed by atoms with Gasteiger partial charge in [0.2, 0.25) is 5.28 Å². The summed E-state index contributed by atoms with van der Waals surface area (Å²) < 4.78 is 6.35. The van der Waals surface area contributed by atoms with E-state index in [1.54, 1.807) is 24.8 Å². The molecule has 1 aliphatic heterocycles. The lowest BCUT2D eigenvalue weighted by molar-refractivity contribution is -0.0370. The molecule has 0 spiro atoms. The summed E-state index contributed by atoms with van der Waals surface area (Å²) in [5.74, 6) is 0.379. The van der Waals surface area contributed by atoms with Crippen LogP contribution in [-0.2, 0) is 4.74 Å². The fourth-order valence-electron chi connectivity index (χ4n) is 4.12. The molecule has 2 aromatic rings. The number of fused-ring (bicyclic) bond motifs is 1. The van der Waals surface area contributed by atoms with Crippen LogP contribution in [0.25, 0.3) is 0 Å². The zero-order valence-corrected chi connectivity index (χ0v) is 17.0. The van der Waals surface area contributed by atoms with Gasteiger partial charge in [-0.1, -0.05) is 23.2 Å². The maximum atomic E-state index is 6.35. The van der Waals surface area contributed by atoms with Crippen LogP contribution < -0.4 is 10.9 Å². The van der Waals surface area contributed by atoms with Crippen molar-refractivity contribution in [1.29, 1.82) is 0 Å². The van der Waals surface area contributed by atoms with Gasteiger partial charge in [-0.2, -0.15) is 0 Å². The summed E-state index contributed by atoms with van der Waals surface area (Å²) in [4.78, 5) is 12.2. The van der Waals surface area contributed by atoms with Crippen molar-refractivity contribution in [1.82, 2.24) is 25.8 Å². The summed E-state index contributed by atoms with van der Waals surface area (Å²) in [5, 5.41) is 1.32.